The molecular weight excluding hydrogens is 288 g/mol. The van der Waals surface area contributed by atoms with Gasteiger partial charge in [0.05, 0.1) is 13.2 Å². The molecule has 1 rings (SSSR count). The molecule has 128 valence electrons. The van der Waals surface area contributed by atoms with Gasteiger partial charge in [-0.3, -0.25) is 4.79 Å². The number of hydrogen-bond acceptors (Lipinski definition) is 3. The van der Waals surface area contributed by atoms with E-state index in [1.165, 1.54) is 0 Å². The summed E-state index contributed by atoms with van der Waals surface area (Å²) in [5.41, 5.74) is 1.84. The molecule has 4 heteroatoms. The second-order valence-electron chi connectivity index (χ2n) is 5.33. The molecule has 0 fully saturated rings. The van der Waals surface area contributed by atoms with Gasteiger partial charge in [-0.05, 0) is 31.1 Å². The largest absolute Gasteiger partial charge is 0.378 e. The van der Waals surface area contributed by atoms with Gasteiger partial charge in [0.15, 0.2) is 0 Å². The highest BCUT2D eigenvalue weighted by atomic mass is 16.5. The van der Waals surface area contributed by atoms with E-state index in [4.69, 9.17) is 4.74 Å². The highest BCUT2D eigenvalue weighted by molar-refractivity contribution is 5.97. The van der Waals surface area contributed by atoms with Crippen molar-refractivity contribution in [3.05, 3.63) is 41.5 Å². The molecule has 0 heterocycles. The second-order valence-corrected chi connectivity index (χ2v) is 5.33. The highest BCUT2D eigenvalue weighted by Crippen LogP contribution is 2.09. The van der Waals surface area contributed by atoms with Crippen molar-refractivity contribution in [3.8, 4) is 0 Å². The van der Waals surface area contributed by atoms with Gasteiger partial charge in [-0.2, -0.15) is 0 Å². The summed E-state index contributed by atoms with van der Waals surface area (Å²) in [7, 11) is 0. The van der Waals surface area contributed by atoms with Crippen LogP contribution in [0.5, 0.6) is 0 Å². The fraction of sp³-hybridized carbons (Fsp3) is 0.526. The van der Waals surface area contributed by atoms with Crippen molar-refractivity contribution in [2.24, 2.45) is 0 Å². The molecule has 0 saturated heterocycles. The van der Waals surface area contributed by atoms with Gasteiger partial charge in [0.2, 0.25) is 5.91 Å². The van der Waals surface area contributed by atoms with E-state index in [1.807, 2.05) is 43.3 Å². The molecule has 1 N–H and O–H groups in total. The number of nitrogens with one attached hydrogen (secondary N) is 1. The number of hydrogen-bond donors (Lipinski definition) is 1. The monoisotopic (exact) mass is 318 g/mol. The Bertz CT molecular complexity index is 468. The zero-order valence-electron chi connectivity index (χ0n) is 14.7. The average Bonchev–Trinajstić information content (AvgIpc) is 2.59. The Morgan fingerprint density at radius 2 is 1.83 bits per heavy atom. The summed E-state index contributed by atoms with van der Waals surface area (Å²) in [6.07, 6.45) is 2.65. The SMILES string of the molecule is CC/C(=C\c1ccccc1)C(=O)NCCOCCN(CC)CC. The van der Waals surface area contributed by atoms with Gasteiger partial charge in [0.25, 0.3) is 0 Å². The Balaban J connectivity index is 2.28. The zero-order valence-corrected chi connectivity index (χ0v) is 14.7. The molecule has 1 aromatic rings. The zero-order chi connectivity index (χ0) is 16.9. The predicted molar refractivity (Wildman–Crippen MR) is 96.3 cm³/mol. The first-order chi connectivity index (χ1) is 11.2. The van der Waals surface area contributed by atoms with Crippen molar-refractivity contribution in [1.29, 1.82) is 0 Å². The Morgan fingerprint density at radius 3 is 2.43 bits per heavy atom. The first-order valence-corrected chi connectivity index (χ1v) is 8.55. The number of likely N-dealkylation sites (N-methyl/N-ethyl adjacent to an activating group) is 1. The highest BCUT2D eigenvalue weighted by Gasteiger charge is 2.06. The first kappa shape index (κ1) is 19.4. The number of amides is 1. The Kier molecular flexibility index (Phi) is 10.00. The summed E-state index contributed by atoms with van der Waals surface area (Å²) in [4.78, 5) is 14.5. The molecule has 0 aliphatic heterocycles. The molecule has 0 atom stereocenters. The fourth-order valence-electron chi connectivity index (χ4n) is 2.26. The molecule has 1 aromatic carbocycles. The maximum atomic E-state index is 12.2. The van der Waals surface area contributed by atoms with Crippen molar-refractivity contribution in [2.45, 2.75) is 27.2 Å². The quantitative estimate of drug-likeness (QED) is 0.504. The van der Waals surface area contributed by atoms with Gasteiger partial charge >= 0.3 is 0 Å². The van der Waals surface area contributed by atoms with E-state index in [1.54, 1.807) is 0 Å². The van der Waals surface area contributed by atoms with Crippen molar-refractivity contribution < 1.29 is 9.53 Å². The van der Waals surface area contributed by atoms with Crippen LogP contribution in [0.1, 0.15) is 32.8 Å². The lowest BCUT2D eigenvalue weighted by Gasteiger charge is -2.17. The molecule has 0 spiro atoms. The van der Waals surface area contributed by atoms with Crippen molar-refractivity contribution >= 4 is 12.0 Å². The van der Waals surface area contributed by atoms with E-state index < -0.39 is 0 Å². The second kappa shape index (κ2) is 11.9. The van der Waals surface area contributed by atoms with Gasteiger partial charge in [0.1, 0.15) is 0 Å². The number of benzene rings is 1. The lowest BCUT2D eigenvalue weighted by atomic mass is 10.1. The normalized spacial score (nSPS) is 11.7. The number of ether oxygens (including phenoxy) is 1. The molecule has 23 heavy (non-hydrogen) atoms. The van der Waals surface area contributed by atoms with Gasteiger partial charge < -0.3 is 15.0 Å². The number of carbonyl (C=O) groups is 1. The van der Waals surface area contributed by atoms with Crippen LogP contribution < -0.4 is 5.32 Å². The molecule has 0 aliphatic carbocycles. The van der Waals surface area contributed by atoms with Crippen molar-refractivity contribution in [1.82, 2.24) is 10.2 Å². The standard InChI is InChI=1S/C19H30N2O2/c1-4-18(16-17-10-8-7-9-11-17)19(22)20-12-14-23-15-13-21(5-2)6-3/h7-11,16H,4-6,12-15H2,1-3H3,(H,20,22)/b18-16+. The van der Waals surface area contributed by atoms with Gasteiger partial charge in [-0.25, -0.2) is 0 Å². The lowest BCUT2D eigenvalue weighted by Crippen LogP contribution is -2.30. The van der Waals surface area contributed by atoms with Crippen molar-refractivity contribution in [3.63, 3.8) is 0 Å². The van der Waals surface area contributed by atoms with Crippen LogP contribution in [0.4, 0.5) is 0 Å². The van der Waals surface area contributed by atoms with Crippen LogP contribution in [0.15, 0.2) is 35.9 Å². The molecule has 0 aliphatic rings. The fourth-order valence-corrected chi connectivity index (χ4v) is 2.26. The van der Waals surface area contributed by atoms with Crippen LogP contribution in [-0.2, 0) is 9.53 Å². The van der Waals surface area contributed by atoms with Crippen LogP contribution in [0, 0.1) is 0 Å². The van der Waals surface area contributed by atoms with E-state index in [9.17, 15) is 4.79 Å². The Hall–Kier alpha value is -1.65. The van der Waals surface area contributed by atoms with Crippen LogP contribution in [0.2, 0.25) is 0 Å². The smallest absolute Gasteiger partial charge is 0.247 e. The maximum Gasteiger partial charge on any atom is 0.247 e. The molecule has 1 amide bonds. The third-order valence-corrected chi connectivity index (χ3v) is 3.79. The number of rotatable bonds is 11. The van der Waals surface area contributed by atoms with Gasteiger partial charge in [0, 0.05) is 18.7 Å². The molecule has 4 nitrogen and oxygen atoms in total. The average molecular weight is 318 g/mol. The maximum absolute atomic E-state index is 12.2. The molecule has 0 aromatic heterocycles. The Labute approximate surface area is 140 Å². The van der Waals surface area contributed by atoms with Crippen LogP contribution >= 0.6 is 0 Å². The third-order valence-electron chi connectivity index (χ3n) is 3.79. The van der Waals surface area contributed by atoms with E-state index in [0.29, 0.717) is 26.2 Å². The molecule has 0 saturated carbocycles. The minimum Gasteiger partial charge on any atom is -0.378 e. The molecule has 0 unspecified atom stereocenters. The van der Waals surface area contributed by atoms with E-state index >= 15 is 0 Å². The van der Waals surface area contributed by atoms with Crippen LogP contribution in [0.25, 0.3) is 6.08 Å². The topological polar surface area (TPSA) is 41.6 Å². The van der Waals surface area contributed by atoms with Crippen LogP contribution in [-0.4, -0.2) is 50.2 Å². The summed E-state index contributed by atoms with van der Waals surface area (Å²) in [5, 5.41) is 2.92. The van der Waals surface area contributed by atoms with E-state index in [-0.39, 0.29) is 5.91 Å². The lowest BCUT2D eigenvalue weighted by molar-refractivity contribution is -0.117. The third kappa shape index (κ3) is 7.95. The molecule has 0 radical (unpaired) electrons. The van der Waals surface area contributed by atoms with Crippen LogP contribution in [0.3, 0.4) is 0 Å². The summed E-state index contributed by atoms with van der Waals surface area (Å²) >= 11 is 0. The predicted octanol–water partition coefficient (Wildman–Crippen LogP) is 2.95. The van der Waals surface area contributed by atoms with Gasteiger partial charge in [-0.1, -0.05) is 51.1 Å². The number of nitrogens with zero attached hydrogens (tertiary/aromatic N) is 1. The van der Waals surface area contributed by atoms with E-state index in [2.05, 4.69) is 24.1 Å². The van der Waals surface area contributed by atoms with Gasteiger partial charge in [-0.15, -0.1) is 0 Å². The van der Waals surface area contributed by atoms with Crippen molar-refractivity contribution in [2.75, 3.05) is 39.4 Å². The molecular formula is C19H30N2O2. The minimum atomic E-state index is -0.0105. The Morgan fingerprint density at radius 1 is 1.13 bits per heavy atom. The minimum absolute atomic E-state index is 0.0105. The number of carbonyl (C=O) groups excluding carboxylic acids is 1. The summed E-state index contributed by atoms with van der Waals surface area (Å²) in [6.45, 7) is 11.1. The molecule has 0 bridgehead atoms. The summed E-state index contributed by atoms with van der Waals surface area (Å²) in [6, 6.07) is 9.92. The summed E-state index contributed by atoms with van der Waals surface area (Å²) in [5.74, 6) is -0.0105. The first-order valence-electron chi connectivity index (χ1n) is 8.55. The summed E-state index contributed by atoms with van der Waals surface area (Å²) < 4.78 is 5.57. The van der Waals surface area contributed by atoms with E-state index in [0.717, 1.165) is 30.8 Å².